The Morgan fingerprint density at radius 1 is 1.22 bits per heavy atom. The van der Waals surface area contributed by atoms with E-state index < -0.39 is 6.10 Å². The third kappa shape index (κ3) is 5.16. The molecule has 1 heterocycles. The fourth-order valence-corrected chi connectivity index (χ4v) is 3.97. The van der Waals surface area contributed by atoms with Gasteiger partial charge in [0.1, 0.15) is 0 Å². The van der Waals surface area contributed by atoms with Crippen molar-refractivity contribution in [1.29, 1.82) is 0 Å². The van der Waals surface area contributed by atoms with Crippen molar-refractivity contribution >= 4 is 28.3 Å². The third-order valence-corrected chi connectivity index (χ3v) is 5.75. The largest absolute Gasteiger partial charge is 0.452 e. The van der Waals surface area contributed by atoms with Gasteiger partial charge in [-0.15, -0.1) is 11.3 Å². The minimum Gasteiger partial charge on any atom is -0.452 e. The number of amides is 1. The molecule has 1 aliphatic carbocycles. The highest BCUT2D eigenvalue weighted by Gasteiger charge is 2.26. The average Bonchev–Trinajstić information content (AvgIpc) is 3.17. The Kier molecular flexibility index (Phi) is 6.61. The molecule has 3 rings (SSSR count). The number of carbonyl (C=O) groups is 2. The highest BCUT2D eigenvalue weighted by atomic mass is 32.1. The number of hydrogen-bond acceptors (Lipinski definition) is 5. The molecule has 27 heavy (non-hydrogen) atoms. The van der Waals surface area contributed by atoms with Crippen LogP contribution in [-0.4, -0.2) is 23.0 Å². The molecule has 0 radical (unpaired) electrons. The van der Waals surface area contributed by atoms with Crippen molar-refractivity contribution in [3.63, 3.8) is 0 Å². The Balaban J connectivity index is 1.55. The Morgan fingerprint density at radius 3 is 2.59 bits per heavy atom. The zero-order valence-corrected chi connectivity index (χ0v) is 16.7. The van der Waals surface area contributed by atoms with Crippen molar-refractivity contribution in [2.45, 2.75) is 58.5 Å². The molecule has 2 aromatic rings. The first-order valence-electron chi connectivity index (χ1n) is 9.63. The van der Waals surface area contributed by atoms with E-state index in [9.17, 15) is 9.59 Å². The van der Waals surface area contributed by atoms with Gasteiger partial charge in [0.15, 0.2) is 11.2 Å². The SMILES string of the molecule is CCc1ccc(-c2csc(NC(=O)C(C)OC(=O)C3CCCCC3)n2)cc1. The van der Waals surface area contributed by atoms with Crippen LogP contribution in [0.3, 0.4) is 0 Å². The van der Waals surface area contributed by atoms with Crippen molar-refractivity contribution in [3.05, 3.63) is 35.2 Å². The van der Waals surface area contributed by atoms with E-state index in [2.05, 4.69) is 29.4 Å². The Labute approximate surface area is 164 Å². The molecule has 1 fully saturated rings. The smallest absolute Gasteiger partial charge is 0.309 e. The fraction of sp³-hybridized carbons (Fsp3) is 0.476. The lowest BCUT2D eigenvalue weighted by atomic mass is 9.89. The van der Waals surface area contributed by atoms with Crippen LogP contribution in [0.2, 0.25) is 0 Å². The number of nitrogens with zero attached hydrogens (tertiary/aromatic N) is 1. The van der Waals surface area contributed by atoms with E-state index in [1.807, 2.05) is 17.5 Å². The van der Waals surface area contributed by atoms with Crippen LogP contribution < -0.4 is 5.32 Å². The summed E-state index contributed by atoms with van der Waals surface area (Å²) in [6.45, 7) is 3.72. The van der Waals surface area contributed by atoms with E-state index in [4.69, 9.17) is 4.74 Å². The van der Waals surface area contributed by atoms with Crippen molar-refractivity contribution in [2.24, 2.45) is 5.92 Å². The summed E-state index contributed by atoms with van der Waals surface area (Å²) in [7, 11) is 0. The normalized spacial score (nSPS) is 15.9. The second-order valence-electron chi connectivity index (χ2n) is 6.99. The Bertz CT molecular complexity index is 779. The number of nitrogens with one attached hydrogen (secondary N) is 1. The second kappa shape index (κ2) is 9.13. The van der Waals surface area contributed by atoms with Gasteiger partial charge in [0.2, 0.25) is 0 Å². The molecule has 1 saturated carbocycles. The number of aryl methyl sites for hydroxylation is 1. The van der Waals surface area contributed by atoms with E-state index in [-0.39, 0.29) is 17.8 Å². The zero-order chi connectivity index (χ0) is 19.2. The minimum atomic E-state index is -0.824. The first-order chi connectivity index (χ1) is 13.1. The van der Waals surface area contributed by atoms with E-state index >= 15 is 0 Å². The maximum atomic E-state index is 12.3. The highest BCUT2D eigenvalue weighted by Crippen LogP contribution is 2.27. The van der Waals surface area contributed by atoms with Gasteiger partial charge >= 0.3 is 5.97 Å². The molecule has 0 aliphatic heterocycles. The van der Waals surface area contributed by atoms with Crippen LogP contribution in [0.1, 0.15) is 51.5 Å². The van der Waals surface area contributed by atoms with Gasteiger partial charge in [0, 0.05) is 10.9 Å². The van der Waals surface area contributed by atoms with Crippen LogP contribution in [0.5, 0.6) is 0 Å². The van der Waals surface area contributed by atoms with Crippen molar-refractivity contribution in [3.8, 4) is 11.3 Å². The molecular formula is C21H26N2O3S. The van der Waals surface area contributed by atoms with Crippen LogP contribution in [0, 0.1) is 5.92 Å². The summed E-state index contributed by atoms with van der Waals surface area (Å²) >= 11 is 1.36. The first-order valence-corrected chi connectivity index (χ1v) is 10.5. The predicted molar refractivity (Wildman–Crippen MR) is 108 cm³/mol. The number of thiazole rings is 1. The lowest BCUT2D eigenvalue weighted by Crippen LogP contribution is -2.32. The lowest BCUT2D eigenvalue weighted by Gasteiger charge is -2.21. The van der Waals surface area contributed by atoms with Crippen LogP contribution >= 0.6 is 11.3 Å². The summed E-state index contributed by atoms with van der Waals surface area (Å²) in [6, 6.07) is 8.24. The molecular weight excluding hydrogens is 360 g/mol. The van der Waals surface area contributed by atoms with Gasteiger partial charge in [-0.2, -0.15) is 0 Å². The van der Waals surface area contributed by atoms with E-state index in [0.717, 1.165) is 43.4 Å². The zero-order valence-electron chi connectivity index (χ0n) is 15.9. The number of benzene rings is 1. The maximum absolute atomic E-state index is 12.3. The number of rotatable bonds is 6. The maximum Gasteiger partial charge on any atom is 0.309 e. The van der Waals surface area contributed by atoms with Gasteiger partial charge in [-0.05, 0) is 31.7 Å². The van der Waals surface area contributed by atoms with Gasteiger partial charge in [-0.3, -0.25) is 14.9 Å². The first kappa shape index (κ1) is 19.5. The molecule has 144 valence electrons. The molecule has 1 N–H and O–H groups in total. The Morgan fingerprint density at radius 2 is 1.93 bits per heavy atom. The summed E-state index contributed by atoms with van der Waals surface area (Å²) in [5.41, 5.74) is 3.11. The monoisotopic (exact) mass is 386 g/mol. The number of esters is 1. The summed E-state index contributed by atoms with van der Waals surface area (Å²) in [5, 5.41) is 5.18. The summed E-state index contributed by atoms with van der Waals surface area (Å²) in [5.74, 6) is -0.666. The fourth-order valence-electron chi connectivity index (χ4n) is 3.24. The predicted octanol–water partition coefficient (Wildman–Crippen LogP) is 4.82. The van der Waals surface area contributed by atoms with Crippen LogP contribution in [0.4, 0.5) is 5.13 Å². The summed E-state index contributed by atoms with van der Waals surface area (Å²) < 4.78 is 5.37. The topological polar surface area (TPSA) is 68.3 Å². The van der Waals surface area contributed by atoms with Crippen LogP contribution in [0.15, 0.2) is 29.6 Å². The molecule has 1 amide bonds. The Hall–Kier alpha value is -2.21. The van der Waals surface area contributed by atoms with E-state index in [1.165, 1.54) is 23.3 Å². The average molecular weight is 387 g/mol. The summed E-state index contributed by atoms with van der Waals surface area (Å²) in [4.78, 5) is 29.0. The quantitative estimate of drug-likeness (QED) is 0.723. The van der Waals surface area contributed by atoms with E-state index in [0.29, 0.717) is 5.13 Å². The van der Waals surface area contributed by atoms with Crippen LogP contribution in [0.25, 0.3) is 11.3 Å². The lowest BCUT2D eigenvalue weighted by molar-refractivity contribution is -0.158. The third-order valence-electron chi connectivity index (χ3n) is 4.99. The van der Waals surface area contributed by atoms with Gasteiger partial charge in [0.25, 0.3) is 5.91 Å². The molecule has 1 aromatic heterocycles. The second-order valence-corrected chi connectivity index (χ2v) is 7.85. The van der Waals surface area contributed by atoms with Gasteiger partial charge < -0.3 is 4.74 Å². The van der Waals surface area contributed by atoms with Crippen molar-refractivity contribution in [2.75, 3.05) is 5.32 Å². The molecule has 6 heteroatoms. The highest BCUT2D eigenvalue weighted by molar-refractivity contribution is 7.14. The summed E-state index contributed by atoms with van der Waals surface area (Å²) in [6.07, 6.45) is 5.18. The minimum absolute atomic E-state index is 0.0634. The molecule has 1 atom stereocenters. The molecule has 0 saturated heterocycles. The molecule has 1 aliphatic rings. The van der Waals surface area contributed by atoms with E-state index in [1.54, 1.807) is 6.92 Å². The van der Waals surface area contributed by atoms with Gasteiger partial charge in [-0.25, -0.2) is 4.98 Å². The molecule has 5 nitrogen and oxygen atoms in total. The number of hydrogen-bond donors (Lipinski definition) is 1. The van der Waals surface area contributed by atoms with Gasteiger partial charge in [-0.1, -0.05) is 50.5 Å². The van der Waals surface area contributed by atoms with Crippen molar-refractivity contribution < 1.29 is 14.3 Å². The number of anilines is 1. The van der Waals surface area contributed by atoms with Crippen LogP contribution in [-0.2, 0) is 20.7 Å². The molecule has 1 unspecified atom stereocenters. The molecule has 1 aromatic carbocycles. The van der Waals surface area contributed by atoms with Gasteiger partial charge in [0.05, 0.1) is 11.6 Å². The molecule has 0 spiro atoms. The van der Waals surface area contributed by atoms with Crippen molar-refractivity contribution in [1.82, 2.24) is 4.98 Å². The number of ether oxygens (including phenoxy) is 1. The standard InChI is InChI=1S/C21H26N2O3S/c1-3-15-9-11-16(12-10-15)18-13-27-21(22-18)23-19(24)14(2)26-20(25)17-7-5-4-6-8-17/h9-14,17H,3-8H2,1-2H3,(H,22,23,24). The number of carbonyl (C=O) groups excluding carboxylic acids is 2. The molecule has 0 bridgehead atoms. The number of aromatic nitrogens is 1.